The Kier molecular flexibility index (Phi) is 5.04. The van der Waals surface area contributed by atoms with Crippen LogP contribution in [0, 0.1) is 5.82 Å². The number of nitrogen functional groups attached to an aromatic ring is 1. The summed E-state index contributed by atoms with van der Waals surface area (Å²) in [7, 11) is 1.52. The molecule has 112 valence electrons. The SMILES string of the molecule is COc1cc(NC(C)CCc2ccccc2)c(F)cc1N. The number of anilines is 2. The first-order valence-electron chi connectivity index (χ1n) is 7.03. The maximum atomic E-state index is 13.9. The van der Waals surface area contributed by atoms with E-state index in [1.165, 1.54) is 18.7 Å². The number of methoxy groups -OCH3 is 1. The van der Waals surface area contributed by atoms with Crippen LogP contribution in [-0.4, -0.2) is 13.2 Å². The Morgan fingerprint density at radius 2 is 1.95 bits per heavy atom. The van der Waals surface area contributed by atoms with E-state index in [0.717, 1.165) is 12.8 Å². The molecule has 0 aliphatic rings. The molecule has 0 bridgehead atoms. The molecule has 2 aromatic rings. The Balaban J connectivity index is 1.97. The zero-order valence-electron chi connectivity index (χ0n) is 12.4. The molecule has 3 N–H and O–H groups in total. The molecule has 0 amide bonds. The lowest BCUT2D eigenvalue weighted by atomic mass is 10.1. The van der Waals surface area contributed by atoms with Crippen molar-refractivity contribution in [2.45, 2.75) is 25.8 Å². The number of nitrogens with one attached hydrogen (secondary N) is 1. The van der Waals surface area contributed by atoms with E-state index in [2.05, 4.69) is 17.4 Å². The molecule has 0 fully saturated rings. The van der Waals surface area contributed by atoms with Crippen LogP contribution in [-0.2, 0) is 6.42 Å². The van der Waals surface area contributed by atoms with Crippen molar-refractivity contribution in [1.29, 1.82) is 0 Å². The van der Waals surface area contributed by atoms with Gasteiger partial charge in [0.2, 0.25) is 0 Å². The van der Waals surface area contributed by atoms with Crippen molar-refractivity contribution < 1.29 is 9.13 Å². The summed E-state index contributed by atoms with van der Waals surface area (Å²) in [6.45, 7) is 2.03. The van der Waals surface area contributed by atoms with E-state index in [1.807, 2.05) is 25.1 Å². The van der Waals surface area contributed by atoms with E-state index in [-0.39, 0.29) is 11.9 Å². The second kappa shape index (κ2) is 6.97. The molecule has 2 aromatic carbocycles. The maximum absolute atomic E-state index is 13.9. The molecule has 21 heavy (non-hydrogen) atoms. The molecule has 0 saturated heterocycles. The largest absolute Gasteiger partial charge is 0.495 e. The minimum Gasteiger partial charge on any atom is -0.495 e. The van der Waals surface area contributed by atoms with Crippen LogP contribution in [0.15, 0.2) is 42.5 Å². The first-order valence-corrected chi connectivity index (χ1v) is 7.03. The highest BCUT2D eigenvalue weighted by Crippen LogP contribution is 2.28. The number of ether oxygens (including phenoxy) is 1. The molecular formula is C17H21FN2O. The molecular weight excluding hydrogens is 267 g/mol. The van der Waals surface area contributed by atoms with Gasteiger partial charge in [0.1, 0.15) is 11.6 Å². The third-order valence-corrected chi connectivity index (χ3v) is 3.43. The van der Waals surface area contributed by atoms with Crippen LogP contribution >= 0.6 is 0 Å². The molecule has 0 spiro atoms. The van der Waals surface area contributed by atoms with Crippen LogP contribution in [0.4, 0.5) is 15.8 Å². The highest BCUT2D eigenvalue weighted by molar-refractivity contribution is 5.62. The molecule has 1 unspecified atom stereocenters. The Morgan fingerprint density at radius 3 is 2.62 bits per heavy atom. The topological polar surface area (TPSA) is 47.3 Å². The van der Waals surface area contributed by atoms with Crippen molar-refractivity contribution in [3.63, 3.8) is 0 Å². The molecule has 0 aromatic heterocycles. The Bertz CT molecular complexity index is 587. The molecule has 0 radical (unpaired) electrons. The molecule has 4 heteroatoms. The predicted octanol–water partition coefficient (Wildman–Crippen LogP) is 3.85. The zero-order chi connectivity index (χ0) is 15.2. The summed E-state index contributed by atoms with van der Waals surface area (Å²) in [5.41, 5.74) is 7.67. The van der Waals surface area contributed by atoms with Gasteiger partial charge in [-0.15, -0.1) is 0 Å². The molecule has 2 rings (SSSR count). The van der Waals surface area contributed by atoms with Crippen LogP contribution in [0.1, 0.15) is 18.9 Å². The number of aryl methyl sites for hydroxylation is 1. The number of benzene rings is 2. The van der Waals surface area contributed by atoms with E-state index in [4.69, 9.17) is 10.5 Å². The van der Waals surface area contributed by atoms with Crippen molar-refractivity contribution in [1.82, 2.24) is 0 Å². The van der Waals surface area contributed by atoms with Gasteiger partial charge in [0.05, 0.1) is 18.5 Å². The van der Waals surface area contributed by atoms with Gasteiger partial charge >= 0.3 is 0 Å². The summed E-state index contributed by atoms with van der Waals surface area (Å²) in [4.78, 5) is 0. The fraction of sp³-hybridized carbons (Fsp3) is 0.294. The monoisotopic (exact) mass is 288 g/mol. The van der Waals surface area contributed by atoms with Crippen LogP contribution in [0.5, 0.6) is 5.75 Å². The van der Waals surface area contributed by atoms with Gasteiger partial charge in [-0.25, -0.2) is 4.39 Å². The van der Waals surface area contributed by atoms with E-state index < -0.39 is 0 Å². The smallest absolute Gasteiger partial charge is 0.148 e. The van der Waals surface area contributed by atoms with Gasteiger partial charge < -0.3 is 15.8 Å². The van der Waals surface area contributed by atoms with E-state index in [0.29, 0.717) is 17.1 Å². The number of nitrogens with two attached hydrogens (primary N) is 1. The fourth-order valence-electron chi connectivity index (χ4n) is 2.22. The van der Waals surface area contributed by atoms with Gasteiger partial charge in [0.15, 0.2) is 0 Å². The Morgan fingerprint density at radius 1 is 1.24 bits per heavy atom. The van der Waals surface area contributed by atoms with Crippen LogP contribution in [0.25, 0.3) is 0 Å². The average molecular weight is 288 g/mol. The molecule has 1 atom stereocenters. The van der Waals surface area contributed by atoms with Crippen LogP contribution < -0.4 is 15.8 Å². The standard InChI is InChI=1S/C17H21FN2O/c1-12(8-9-13-6-4-3-5-7-13)20-16-11-17(21-2)15(19)10-14(16)18/h3-7,10-12,20H,8-9,19H2,1-2H3. The molecule has 0 aliphatic carbocycles. The number of halogens is 1. The number of hydrogen-bond acceptors (Lipinski definition) is 3. The van der Waals surface area contributed by atoms with Crippen molar-refractivity contribution in [2.75, 3.05) is 18.2 Å². The first kappa shape index (κ1) is 15.2. The first-order chi connectivity index (χ1) is 10.1. The predicted molar refractivity (Wildman–Crippen MR) is 85.2 cm³/mol. The third kappa shape index (κ3) is 4.12. The van der Waals surface area contributed by atoms with Crippen molar-refractivity contribution >= 4 is 11.4 Å². The van der Waals surface area contributed by atoms with Gasteiger partial charge in [-0.1, -0.05) is 30.3 Å². The summed E-state index contributed by atoms with van der Waals surface area (Å²) in [6.07, 6.45) is 1.86. The van der Waals surface area contributed by atoms with Crippen molar-refractivity contribution in [3.05, 3.63) is 53.8 Å². The number of hydrogen-bond donors (Lipinski definition) is 2. The second-order valence-corrected chi connectivity index (χ2v) is 5.14. The summed E-state index contributed by atoms with van der Waals surface area (Å²) < 4.78 is 19.0. The summed E-state index contributed by atoms with van der Waals surface area (Å²) in [5.74, 6) is 0.119. The van der Waals surface area contributed by atoms with Crippen molar-refractivity contribution in [3.8, 4) is 5.75 Å². The van der Waals surface area contributed by atoms with Gasteiger partial charge in [0.25, 0.3) is 0 Å². The normalized spacial score (nSPS) is 12.0. The molecule has 0 heterocycles. The van der Waals surface area contributed by atoms with Crippen LogP contribution in [0.2, 0.25) is 0 Å². The summed E-state index contributed by atoms with van der Waals surface area (Å²) in [5, 5.41) is 3.17. The Hall–Kier alpha value is -2.23. The van der Waals surface area contributed by atoms with Crippen LogP contribution in [0.3, 0.4) is 0 Å². The van der Waals surface area contributed by atoms with Gasteiger partial charge in [0, 0.05) is 18.2 Å². The molecule has 0 saturated carbocycles. The van der Waals surface area contributed by atoms with E-state index >= 15 is 0 Å². The highest BCUT2D eigenvalue weighted by Gasteiger charge is 2.11. The minimum absolute atomic E-state index is 0.146. The van der Waals surface area contributed by atoms with E-state index in [9.17, 15) is 4.39 Å². The van der Waals surface area contributed by atoms with Crippen molar-refractivity contribution in [2.24, 2.45) is 0 Å². The Labute approximate surface area is 124 Å². The van der Waals surface area contributed by atoms with Gasteiger partial charge in [-0.05, 0) is 25.3 Å². The molecule has 0 aliphatic heterocycles. The highest BCUT2D eigenvalue weighted by atomic mass is 19.1. The quantitative estimate of drug-likeness (QED) is 0.794. The number of rotatable bonds is 6. The van der Waals surface area contributed by atoms with Gasteiger partial charge in [-0.3, -0.25) is 0 Å². The fourth-order valence-corrected chi connectivity index (χ4v) is 2.22. The second-order valence-electron chi connectivity index (χ2n) is 5.14. The third-order valence-electron chi connectivity index (χ3n) is 3.43. The summed E-state index contributed by atoms with van der Waals surface area (Å²) >= 11 is 0. The minimum atomic E-state index is -0.361. The maximum Gasteiger partial charge on any atom is 0.148 e. The van der Waals surface area contributed by atoms with E-state index in [1.54, 1.807) is 6.07 Å². The molecule has 3 nitrogen and oxygen atoms in total. The average Bonchev–Trinajstić information content (AvgIpc) is 2.49. The van der Waals surface area contributed by atoms with Gasteiger partial charge in [-0.2, -0.15) is 0 Å². The summed E-state index contributed by atoms with van der Waals surface area (Å²) in [6, 6.07) is 13.3. The lowest BCUT2D eigenvalue weighted by Crippen LogP contribution is -2.17. The lowest BCUT2D eigenvalue weighted by Gasteiger charge is -2.17. The zero-order valence-corrected chi connectivity index (χ0v) is 12.4. The lowest BCUT2D eigenvalue weighted by molar-refractivity contribution is 0.416.